The van der Waals surface area contributed by atoms with E-state index in [-0.39, 0.29) is 24.1 Å². The molecule has 4 amide bonds. The van der Waals surface area contributed by atoms with Crippen molar-refractivity contribution in [1.29, 1.82) is 0 Å². The number of anilines is 1. The molecular formula is C22H21N3O4. The lowest BCUT2D eigenvalue weighted by atomic mass is 9.78. The Bertz CT molecular complexity index is 1010. The Kier molecular flexibility index (Phi) is 4.66. The summed E-state index contributed by atoms with van der Waals surface area (Å²) in [7, 11) is 0. The minimum Gasteiger partial charge on any atom is -0.326 e. The Labute approximate surface area is 168 Å². The number of benzene rings is 2. The molecule has 2 aliphatic rings. The van der Waals surface area contributed by atoms with E-state index in [1.165, 1.54) is 12.5 Å². The third-order valence-electron chi connectivity index (χ3n) is 5.51. The van der Waals surface area contributed by atoms with Crippen molar-refractivity contribution in [2.45, 2.75) is 31.7 Å². The number of nitrogens with one attached hydrogen (secondary N) is 2. The van der Waals surface area contributed by atoms with Gasteiger partial charge in [-0.2, -0.15) is 0 Å². The third kappa shape index (κ3) is 3.51. The number of Topliss-reactive ketones (excluding diaryl/α,β-unsaturated/α-hetero) is 1. The molecule has 2 N–H and O–H groups in total. The number of ketones is 1. The quantitative estimate of drug-likeness (QED) is 0.618. The summed E-state index contributed by atoms with van der Waals surface area (Å²) < 4.78 is 0. The largest absolute Gasteiger partial charge is 0.326 e. The molecule has 0 bridgehead atoms. The zero-order valence-corrected chi connectivity index (χ0v) is 16.0. The van der Waals surface area contributed by atoms with E-state index in [0.717, 1.165) is 10.5 Å². The second-order valence-electron chi connectivity index (χ2n) is 7.53. The predicted octanol–water partition coefficient (Wildman–Crippen LogP) is 2.31. The maximum absolute atomic E-state index is 13.1. The first-order valence-corrected chi connectivity index (χ1v) is 9.50. The Morgan fingerprint density at radius 2 is 1.76 bits per heavy atom. The van der Waals surface area contributed by atoms with Gasteiger partial charge in [0.1, 0.15) is 5.54 Å². The van der Waals surface area contributed by atoms with Crippen LogP contribution in [0.4, 0.5) is 10.5 Å². The van der Waals surface area contributed by atoms with E-state index in [1.54, 1.807) is 24.3 Å². The summed E-state index contributed by atoms with van der Waals surface area (Å²) >= 11 is 0. The van der Waals surface area contributed by atoms with Crippen molar-refractivity contribution in [1.82, 2.24) is 10.2 Å². The molecule has 2 aromatic rings. The number of amides is 4. The molecule has 1 aliphatic heterocycles. The van der Waals surface area contributed by atoms with Crippen LogP contribution in [0, 0.1) is 0 Å². The van der Waals surface area contributed by atoms with Crippen LogP contribution < -0.4 is 10.6 Å². The lowest BCUT2D eigenvalue weighted by Crippen LogP contribution is -2.51. The van der Waals surface area contributed by atoms with Crippen molar-refractivity contribution in [3.05, 3.63) is 65.2 Å². The van der Waals surface area contributed by atoms with E-state index in [4.69, 9.17) is 0 Å². The number of aryl methyl sites for hydroxylation is 1. The molecule has 4 rings (SSSR count). The summed E-state index contributed by atoms with van der Waals surface area (Å²) in [5.41, 5.74) is 2.21. The molecule has 2 aromatic carbocycles. The zero-order valence-electron chi connectivity index (χ0n) is 16.0. The Morgan fingerprint density at radius 1 is 1.07 bits per heavy atom. The van der Waals surface area contributed by atoms with Crippen molar-refractivity contribution in [3.8, 4) is 0 Å². The van der Waals surface area contributed by atoms with Gasteiger partial charge in [0.05, 0.1) is 6.54 Å². The zero-order chi connectivity index (χ0) is 20.6. The highest BCUT2D eigenvalue weighted by molar-refractivity contribution is 6.11. The first kappa shape index (κ1) is 18.9. The van der Waals surface area contributed by atoms with Gasteiger partial charge >= 0.3 is 6.03 Å². The molecule has 29 heavy (non-hydrogen) atoms. The molecule has 1 heterocycles. The summed E-state index contributed by atoms with van der Waals surface area (Å²) in [4.78, 5) is 50.3. The number of imide groups is 1. The molecule has 7 nitrogen and oxygen atoms in total. The van der Waals surface area contributed by atoms with Gasteiger partial charge in [-0.3, -0.25) is 19.3 Å². The van der Waals surface area contributed by atoms with Crippen LogP contribution in [-0.4, -0.2) is 40.6 Å². The molecule has 1 atom stereocenters. The second-order valence-corrected chi connectivity index (χ2v) is 7.53. The van der Waals surface area contributed by atoms with Crippen molar-refractivity contribution in [3.63, 3.8) is 0 Å². The summed E-state index contributed by atoms with van der Waals surface area (Å²) in [5, 5.41) is 5.46. The minimum atomic E-state index is -0.971. The molecule has 1 spiro atoms. The number of urea groups is 1. The molecule has 0 unspecified atom stereocenters. The number of nitrogens with zero attached hydrogens (tertiary/aromatic N) is 1. The van der Waals surface area contributed by atoms with E-state index in [2.05, 4.69) is 10.6 Å². The van der Waals surface area contributed by atoms with Crippen LogP contribution in [0.2, 0.25) is 0 Å². The highest BCUT2D eigenvalue weighted by Gasteiger charge is 2.52. The molecule has 7 heteroatoms. The lowest BCUT2D eigenvalue weighted by molar-refractivity contribution is -0.131. The van der Waals surface area contributed by atoms with Crippen LogP contribution in [0.3, 0.4) is 0 Å². The minimum absolute atomic E-state index is 0.206. The van der Waals surface area contributed by atoms with E-state index in [1.807, 2.05) is 24.3 Å². The summed E-state index contributed by atoms with van der Waals surface area (Å²) in [5.74, 6) is -0.890. The number of carbonyl (C=O) groups is 4. The van der Waals surface area contributed by atoms with Gasteiger partial charge < -0.3 is 10.6 Å². The van der Waals surface area contributed by atoms with Gasteiger partial charge in [0.2, 0.25) is 5.91 Å². The van der Waals surface area contributed by atoms with E-state index >= 15 is 0 Å². The van der Waals surface area contributed by atoms with Gasteiger partial charge in [-0.25, -0.2) is 4.79 Å². The topological polar surface area (TPSA) is 95.6 Å². The van der Waals surface area contributed by atoms with Crippen molar-refractivity contribution in [2.24, 2.45) is 0 Å². The van der Waals surface area contributed by atoms with Crippen LogP contribution in [0.5, 0.6) is 0 Å². The Balaban J connectivity index is 1.48. The van der Waals surface area contributed by atoms with Gasteiger partial charge in [-0.05, 0) is 48.2 Å². The molecule has 1 fully saturated rings. The van der Waals surface area contributed by atoms with Crippen LogP contribution in [0.1, 0.15) is 34.8 Å². The molecular weight excluding hydrogens is 370 g/mol. The number of fused-ring (bicyclic) bond motifs is 1. The van der Waals surface area contributed by atoms with E-state index in [9.17, 15) is 19.2 Å². The predicted molar refractivity (Wildman–Crippen MR) is 107 cm³/mol. The van der Waals surface area contributed by atoms with Crippen LogP contribution in [0.15, 0.2) is 48.5 Å². The van der Waals surface area contributed by atoms with Gasteiger partial charge in [-0.15, -0.1) is 0 Å². The Hall–Kier alpha value is -3.48. The first-order valence-electron chi connectivity index (χ1n) is 9.50. The van der Waals surface area contributed by atoms with Gasteiger partial charge in [0, 0.05) is 24.6 Å². The van der Waals surface area contributed by atoms with Crippen LogP contribution >= 0.6 is 0 Å². The normalized spacial score (nSPS) is 20.4. The second kappa shape index (κ2) is 7.16. The third-order valence-corrected chi connectivity index (χ3v) is 5.51. The van der Waals surface area contributed by atoms with Crippen LogP contribution in [-0.2, 0) is 22.4 Å². The van der Waals surface area contributed by atoms with Gasteiger partial charge in [0.15, 0.2) is 5.78 Å². The number of hydrogen-bond acceptors (Lipinski definition) is 4. The number of carbonyl (C=O) groups excluding carboxylic acids is 4. The molecule has 0 aromatic heterocycles. The highest BCUT2D eigenvalue weighted by Crippen LogP contribution is 2.33. The van der Waals surface area contributed by atoms with Crippen molar-refractivity contribution in [2.75, 3.05) is 11.9 Å². The highest BCUT2D eigenvalue weighted by atomic mass is 16.2. The summed E-state index contributed by atoms with van der Waals surface area (Å²) in [6, 6.07) is 13.7. The van der Waals surface area contributed by atoms with Crippen molar-refractivity contribution >= 4 is 29.3 Å². The number of rotatable bonds is 4. The maximum atomic E-state index is 13.1. The van der Waals surface area contributed by atoms with Crippen LogP contribution in [0.25, 0.3) is 0 Å². The molecule has 0 saturated carbocycles. The molecule has 1 aliphatic carbocycles. The SMILES string of the molecule is CC(=O)Nc1ccc(C(=O)CN2C(=O)N[C@@]3(CCc4ccccc4C3)C2=O)cc1. The fourth-order valence-corrected chi connectivity index (χ4v) is 4.02. The van der Waals surface area contributed by atoms with E-state index < -0.39 is 11.6 Å². The van der Waals surface area contributed by atoms with Gasteiger partial charge in [-0.1, -0.05) is 24.3 Å². The number of hydrogen-bond donors (Lipinski definition) is 2. The molecule has 148 valence electrons. The summed E-state index contributed by atoms with van der Waals surface area (Å²) in [6.45, 7) is 1.09. The smallest absolute Gasteiger partial charge is 0.325 e. The fraction of sp³-hybridized carbons (Fsp3) is 0.273. The molecule has 1 saturated heterocycles. The lowest BCUT2D eigenvalue weighted by Gasteiger charge is -2.32. The maximum Gasteiger partial charge on any atom is 0.325 e. The summed E-state index contributed by atoms with van der Waals surface area (Å²) in [6.07, 6.45) is 1.66. The molecule has 0 radical (unpaired) electrons. The fourth-order valence-electron chi connectivity index (χ4n) is 4.02. The van der Waals surface area contributed by atoms with Gasteiger partial charge in [0.25, 0.3) is 5.91 Å². The average molecular weight is 391 g/mol. The van der Waals surface area contributed by atoms with Crippen molar-refractivity contribution < 1.29 is 19.2 Å². The monoisotopic (exact) mass is 391 g/mol. The van der Waals surface area contributed by atoms with E-state index in [0.29, 0.717) is 30.5 Å². The Morgan fingerprint density at radius 3 is 2.45 bits per heavy atom. The first-order chi connectivity index (χ1) is 13.9. The average Bonchev–Trinajstić information content (AvgIpc) is 2.92. The standard InChI is InChI=1S/C22H21N3O4/c1-14(26)23-18-8-6-16(7-9-18)19(27)13-25-20(28)22(24-21(25)29)11-10-15-4-2-3-5-17(15)12-22/h2-9H,10-13H2,1H3,(H,23,26)(H,24,29)/t22-/m1/s1.